The molecule has 0 spiro atoms. The summed E-state index contributed by atoms with van der Waals surface area (Å²) in [5.41, 5.74) is -0.0864. The summed E-state index contributed by atoms with van der Waals surface area (Å²) in [5.74, 6) is -1.33. The first-order valence-corrected chi connectivity index (χ1v) is 11.7. The van der Waals surface area contributed by atoms with Crippen molar-refractivity contribution in [2.24, 2.45) is 0 Å². The lowest BCUT2D eigenvalue weighted by molar-refractivity contribution is -0.146. The van der Waals surface area contributed by atoms with Gasteiger partial charge in [-0.25, -0.2) is 13.2 Å². The molecule has 1 aliphatic rings. The molecule has 33 heavy (non-hydrogen) atoms. The number of anilines is 1. The summed E-state index contributed by atoms with van der Waals surface area (Å²) in [5, 5.41) is 10.1. The second-order valence-electron chi connectivity index (χ2n) is 7.65. The molecule has 1 saturated heterocycles. The van der Waals surface area contributed by atoms with E-state index in [0.29, 0.717) is 18.8 Å². The van der Waals surface area contributed by atoms with E-state index in [2.05, 4.69) is 4.72 Å². The number of sulfonamides is 1. The number of phenols is 1. The minimum atomic E-state index is -4.07. The summed E-state index contributed by atoms with van der Waals surface area (Å²) in [6, 6.07) is 9.43. The first kappa shape index (κ1) is 24.3. The Kier molecular flexibility index (Phi) is 7.44. The van der Waals surface area contributed by atoms with Crippen LogP contribution in [0.5, 0.6) is 11.5 Å². The Morgan fingerprint density at radius 1 is 1.12 bits per heavy atom. The van der Waals surface area contributed by atoms with Crippen molar-refractivity contribution >= 4 is 27.6 Å². The maximum atomic E-state index is 12.7. The van der Waals surface area contributed by atoms with Crippen molar-refractivity contribution in [3.63, 3.8) is 0 Å². The number of hydrogen-bond acceptors (Lipinski definition) is 8. The molecule has 0 aliphatic carbocycles. The molecule has 2 aromatic rings. The van der Waals surface area contributed by atoms with Crippen LogP contribution in [0.1, 0.15) is 24.2 Å². The van der Waals surface area contributed by atoms with Gasteiger partial charge in [0.1, 0.15) is 17.1 Å². The zero-order valence-corrected chi connectivity index (χ0v) is 19.3. The second-order valence-corrected chi connectivity index (χ2v) is 9.33. The molecule has 0 unspecified atom stereocenters. The van der Waals surface area contributed by atoms with Crippen LogP contribution in [0.15, 0.2) is 47.4 Å². The monoisotopic (exact) mass is 478 g/mol. The Bertz CT molecular complexity index is 1110. The third-order valence-electron chi connectivity index (χ3n) is 4.94. The number of hydrogen-bond donors (Lipinski definition) is 2. The second kappa shape index (κ2) is 10.1. The van der Waals surface area contributed by atoms with Gasteiger partial charge in [0.25, 0.3) is 15.9 Å². The van der Waals surface area contributed by atoms with E-state index < -0.39 is 34.3 Å². The topological polar surface area (TPSA) is 131 Å². The van der Waals surface area contributed by atoms with Crippen molar-refractivity contribution in [1.29, 1.82) is 0 Å². The number of amides is 1. The van der Waals surface area contributed by atoms with Crippen LogP contribution in [-0.2, 0) is 24.3 Å². The van der Waals surface area contributed by atoms with Crippen LogP contribution in [0.2, 0.25) is 0 Å². The van der Waals surface area contributed by atoms with Crippen LogP contribution in [0.3, 0.4) is 0 Å². The summed E-state index contributed by atoms with van der Waals surface area (Å²) < 4.78 is 43.5. The highest BCUT2D eigenvalue weighted by molar-refractivity contribution is 7.92. The first-order valence-electron chi connectivity index (χ1n) is 10.2. The van der Waals surface area contributed by atoms with Gasteiger partial charge in [-0.1, -0.05) is 0 Å². The van der Waals surface area contributed by atoms with E-state index in [1.807, 2.05) is 13.8 Å². The molecule has 1 aliphatic heterocycles. The number of esters is 1. The Labute approximate surface area is 192 Å². The predicted octanol–water partition coefficient (Wildman–Crippen LogP) is 1.99. The minimum Gasteiger partial charge on any atom is -0.507 e. The van der Waals surface area contributed by atoms with E-state index in [4.69, 9.17) is 14.2 Å². The van der Waals surface area contributed by atoms with E-state index >= 15 is 0 Å². The fourth-order valence-corrected chi connectivity index (χ4v) is 4.48. The Hall–Kier alpha value is -3.31. The molecular weight excluding hydrogens is 452 g/mol. The number of phenolic OH excluding ortho intramolecular Hbond substituents is 1. The molecule has 2 atom stereocenters. The molecule has 1 fully saturated rings. The number of nitrogens with one attached hydrogen (secondary N) is 1. The number of benzene rings is 2. The van der Waals surface area contributed by atoms with Crippen LogP contribution < -0.4 is 9.46 Å². The summed E-state index contributed by atoms with van der Waals surface area (Å²) in [6.45, 7) is 3.88. The normalized spacial score (nSPS) is 18.5. The molecular formula is C22H26N2O8S. The van der Waals surface area contributed by atoms with Crippen LogP contribution >= 0.6 is 0 Å². The van der Waals surface area contributed by atoms with Gasteiger partial charge in [0.2, 0.25) is 0 Å². The Morgan fingerprint density at radius 2 is 1.76 bits per heavy atom. The molecule has 2 aromatic carbocycles. The van der Waals surface area contributed by atoms with Gasteiger partial charge in [-0.05, 0) is 56.3 Å². The van der Waals surface area contributed by atoms with Gasteiger partial charge in [-0.3, -0.25) is 9.52 Å². The maximum Gasteiger partial charge on any atom is 0.342 e. The Balaban J connectivity index is 1.69. The fraction of sp³-hybridized carbons (Fsp3) is 0.364. The molecule has 11 heteroatoms. The Morgan fingerprint density at radius 3 is 2.36 bits per heavy atom. The molecule has 0 bridgehead atoms. The standard InChI is InChI=1S/C22H26N2O8S/c1-14-11-24(12-15(2)32-14)21(26)13-31-22(27)19-10-18(8-9-20(19)25)33(28,29)23-16-4-6-17(30-3)7-5-16/h4-10,14-15,23,25H,11-13H2,1-3H3/t14-,15+. The van der Waals surface area contributed by atoms with Crippen molar-refractivity contribution in [3.05, 3.63) is 48.0 Å². The number of carbonyl (C=O) groups is 2. The van der Waals surface area contributed by atoms with Crippen molar-refractivity contribution in [3.8, 4) is 11.5 Å². The van der Waals surface area contributed by atoms with Crippen LogP contribution in [0, 0.1) is 0 Å². The lowest BCUT2D eigenvalue weighted by Crippen LogP contribution is -2.49. The highest BCUT2D eigenvalue weighted by Gasteiger charge is 2.27. The van der Waals surface area contributed by atoms with Gasteiger partial charge < -0.3 is 24.2 Å². The quantitative estimate of drug-likeness (QED) is 0.578. The predicted molar refractivity (Wildman–Crippen MR) is 119 cm³/mol. The number of carbonyl (C=O) groups excluding carboxylic acids is 2. The van der Waals surface area contributed by atoms with Gasteiger partial charge in [-0.15, -0.1) is 0 Å². The third-order valence-corrected chi connectivity index (χ3v) is 6.32. The first-order chi connectivity index (χ1) is 15.6. The number of nitrogens with zero attached hydrogens (tertiary/aromatic N) is 1. The van der Waals surface area contributed by atoms with Crippen molar-refractivity contribution in [2.45, 2.75) is 31.0 Å². The average Bonchev–Trinajstić information content (AvgIpc) is 2.77. The lowest BCUT2D eigenvalue weighted by atomic mass is 10.2. The molecule has 1 amide bonds. The van der Waals surface area contributed by atoms with Crippen LogP contribution in [0.4, 0.5) is 5.69 Å². The van der Waals surface area contributed by atoms with E-state index in [1.54, 1.807) is 12.1 Å². The zero-order chi connectivity index (χ0) is 24.2. The van der Waals surface area contributed by atoms with Gasteiger partial charge in [0.05, 0.1) is 24.2 Å². The smallest absolute Gasteiger partial charge is 0.342 e. The summed E-state index contributed by atoms with van der Waals surface area (Å²) in [4.78, 5) is 26.2. The molecule has 0 saturated carbocycles. The highest BCUT2D eigenvalue weighted by atomic mass is 32.2. The number of rotatable bonds is 7. The van der Waals surface area contributed by atoms with E-state index in [0.717, 1.165) is 18.2 Å². The largest absolute Gasteiger partial charge is 0.507 e. The van der Waals surface area contributed by atoms with Gasteiger partial charge in [0, 0.05) is 18.8 Å². The number of methoxy groups -OCH3 is 1. The van der Waals surface area contributed by atoms with Crippen LogP contribution in [0.25, 0.3) is 0 Å². The van der Waals surface area contributed by atoms with E-state index in [1.165, 1.54) is 24.1 Å². The van der Waals surface area contributed by atoms with E-state index in [-0.39, 0.29) is 28.4 Å². The summed E-state index contributed by atoms with van der Waals surface area (Å²) >= 11 is 0. The molecule has 0 aromatic heterocycles. The minimum absolute atomic E-state index is 0.141. The van der Waals surface area contributed by atoms with Crippen molar-refractivity contribution < 1.29 is 37.3 Å². The van der Waals surface area contributed by atoms with Gasteiger partial charge >= 0.3 is 5.97 Å². The molecule has 3 rings (SSSR count). The third kappa shape index (κ3) is 6.14. The van der Waals surface area contributed by atoms with E-state index in [9.17, 15) is 23.1 Å². The number of morpholine rings is 1. The van der Waals surface area contributed by atoms with Crippen molar-refractivity contribution in [1.82, 2.24) is 4.90 Å². The van der Waals surface area contributed by atoms with Crippen molar-refractivity contribution in [2.75, 3.05) is 31.5 Å². The average molecular weight is 479 g/mol. The number of ether oxygens (including phenoxy) is 3. The number of aromatic hydroxyl groups is 1. The molecule has 2 N–H and O–H groups in total. The molecule has 10 nitrogen and oxygen atoms in total. The van der Waals surface area contributed by atoms with Crippen LogP contribution in [-0.4, -0.2) is 69.3 Å². The summed E-state index contributed by atoms with van der Waals surface area (Å²) in [6.07, 6.45) is -0.282. The highest BCUT2D eigenvalue weighted by Crippen LogP contribution is 2.25. The SMILES string of the molecule is COc1ccc(NS(=O)(=O)c2ccc(O)c(C(=O)OCC(=O)N3C[C@@H](C)O[C@@H](C)C3)c2)cc1. The molecule has 178 valence electrons. The zero-order valence-electron chi connectivity index (χ0n) is 18.5. The maximum absolute atomic E-state index is 12.7. The molecule has 1 heterocycles. The van der Waals surface area contributed by atoms with Gasteiger partial charge in [-0.2, -0.15) is 0 Å². The van der Waals surface area contributed by atoms with Gasteiger partial charge in [0.15, 0.2) is 6.61 Å². The summed E-state index contributed by atoms with van der Waals surface area (Å²) in [7, 11) is -2.57. The lowest BCUT2D eigenvalue weighted by Gasteiger charge is -2.35. The fourth-order valence-electron chi connectivity index (χ4n) is 3.40. The molecule has 0 radical (unpaired) electrons.